The lowest BCUT2D eigenvalue weighted by Gasteiger charge is -2.45. The second-order valence-corrected chi connectivity index (χ2v) is 8.67. The van der Waals surface area contributed by atoms with Gasteiger partial charge >= 0.3 is 0 Å². The fourth-order valence-corrected chi connectivity index (χ4v) is 5.71. The van der Waals surface area contributed by atoms with E-state index in [4.69, 9.17) is 9.47 Å². The van der Waals surface area contributed by atoms with Crippen molar-refractivity contribution in [3.63, 3.8) is 0 Å². The predicted molar refractivity (Wildman–Crippen MR) is 99.2 cm³/mol. The van der Waals surface area contributed by atoms with Gasteiger partial charge in [0, 0.05) is 12.5 Å². The van der Waals surface area contributed by atoms with E-state index in [2.05, 4.69) is 17.0 Å². The molecule has 1 aromatic rings. The Morgan fingerprint density at radius 2 is 1.92 bits per heavy atom. The fraction of sp³-hybridized carbons (Fsp3) is 0.682. The fourth-order valence-electron chi connectivity index (χ4n) is 5.71. The van der Waals surface area contributed by atoms with Gasteiger partial charge in [-0.3, -0.25) is 4.79 Å². The van der Waals surface area contributed by atoms with Gasteiger partial charge in [-0.15, -0.1) is 0 Å². The SMILES string of the molecule is COc1ccc(C[C@@H]2N(C(=O)C3CCC3)CC[C@]34CCCCC23O4)cc1. The maximum absolute atomic E-state index is 13.2. The number of nitrogens with zero attached hydrogens (tertiary/aromatic N) is 1. The van der Waals surface area contributed by atoms with Crippen molar-refractivity contribution in [1.82, 2.24) is 4.90 Å². The third kappa shape index (κ3) is 2.34. The number of hydrogen-bond donors (Lipinski definition) is 0. The minimum Gasteiger partial charge on any atom is -0.497 e. The molecule has 4 aliphatic rings. The summed E-state index contributed by atoms with van der Waals surface area (Å²) in [5, 5.41) is 0. The summed E-state index contributed by atoms with van der Waals surface area (Å²) >= 11 is 0. The highest BCUT2D eigenvalue weighted by atomic mass is 16.6. The molecule has 2 heterocycles. The lowest BCUT2D eigenvalue weighted by molar-refractivity contribution is -0.143. The molecule has 4 nitrogen and oxygen atoms in total. The zero-order chi connectivity index (χ0) is 17.8. The molecule has 0 N–H and O–H groups in total. The van der Waals surface area contributed by atoms with Crippen molar-refractivity contribution in [2.24, 2.45) is 5.92 Å². The van der Waals surface area contributed by atoms with E-state index in [0.29, 0.717) is 5.91 Å². The standard InChI is InChI=1S/C22H29NO3/c1-25-18-9-7-16(8-10-18)15-19-22-12-3-2-11-21(22,26-22)13-14-23(19)20(24)17-5-4-6-17/h7-10,17,19H,2-6,11-15H2,1H3/t19-,21+,22?/m0/s1. The molecule has 26 heavy (non-hydrogen) atoms. The van der Waals surface area contributed by atoms with Gasteiger partial charge in [-0.25, -0.2) is 0 Å². The van der Waals surface area contributed by atoms with Crippen LogP contribution in [0.5, 0.6) is 5.75 Å². The van der Waals surface area contributed by atoms with Gasteiger partial charge in [0.1, 0.15) is 17.0 Å². The van der Waals surface area contributed by atoms with Crippen LogP contribution in [0.4, 0.5) is 0 Å². The van der Waals surface area contributed by atoms with Crippen LogP contribution in [0, 0.1) is 5.92 Å². The van der Waals surface area contributed by atoms with Crippen LogP contribution in [-0.4, -0.2) is 41.7 Å². The van der Waals surface area contributed by atoms with E-state index in [9.17, 15) is 4.79 Å². The van der Waals surface area contributed by atoms with Gasteiger partial charge in [0.2, 0.25) is 5.91 Å². The maximum Gasteiger partial charge on any atom is 0.226 e. The average Bonchev–Trinajstić information content (AvgIpc) is 3.32. The third-order valence-electron chi connectivity index (χ3n) is 7.48. The topological polar surface area (TPSA) is 42.1 Å². The van der Waals surface area contributed by atoms with Gasteiger partial charge in [-0.05, 0) is 56.2 Å². The molecule has 4 fully saturated rings. The summed E-state index contributed by atoms with van der Waals surface area (Å²) in [6.07, 6.45) is 10.1. The summed E-state index contributed by atoms with van der Waals surface area (Å²) in [6.45, 7) is 0.873. The zero-order valence-corrected chi connectivity index (χ0v) is 15.7. The van der Waals surface area contributed by atoms with Gasteiger partial charge in [-0.2, -0.15) is 0 Å². The molecule has 3 atom stereocenters. The van der Waals surface area contributed by atoms with Crippen molar-refractivity contribution in [3.8, 4) is 5.75 Å². The Labute approximate surface area is 155 Å². The second-order valence-electron chi connectivity index (χ2n) is 8.67. The van der Waals surface area contributed by atoms with Crippen molar-refractivity contribution in [3.05, 3.63) is 29.8 Å². The lowest BCUT2D eigenvalue weighted by Crippen LogP contribution is -2.60. The third-order valence-corrected chi connectivity index (χ3v) is 7.48. The van der Waals surface area contributed by atoms with Gasteiger partial charge in [0.25, 0.3) is 0 Å². The van der Waals surface area contributed by atoms with Crippen LogP contribution in [-0.2, 0) is 16.0 Å². The average molecular weight is 355 g/mol. The molecule has 0 bridgehead atoms. The quantitative estimate of drug-likeness (QED) is 0.773. The van der Waals surface area contributed by atoms with Crippen molar-refractivity contribution in [2.45, 2.75) is 75.0 Å². The number of methoxy groups -OCH3 is 1. The molecule has 2 saturated heterocycles. The van der Waals surface area contributed by atoms with Crippen molar-refractivity contribution in [2.75, 3.05) is 13.7 Å². The van der Waals surface area contributed by atoms with E-state index in [1.54, 1.807) is 7.11 Å². The molecule has 4 heteroatoms. The molecule has 0 radical (unpaired) electrons. The van der Waals surface area contributed by atoms with Crippen LogP contribution in [0.15, 0.2) is 24.3 Å². The summed E-state index contributed by atoms with van der Waals surface area (Å²) in [5.41, 5.74) is 1.26. The normalized spacial score (nSPS) is 35.9. The number of carbonyl (C=O) groups excluding carboxylic acids is 1. The maximum atomic E-state index is 13.2. The van der Waals surface area contributed by atoms with Crippen molar-refractivity contribution in [1.29, 1.82) is 0 Å². The molecule has 140 valence electrons. The van der Waals surface area contributed by atoms with E-state index >= 15 is 0 Å². The highest BCUT2D eigenvalue weighted by molar-refractivity contribution is 5.80. The molecule has 1 aromatic carbocycles. The molecule has 2 saturated carbocycles. The number of benzene rings is 1. The highest BCUT2D eigenvalue weighted by Crippen LogP contribution is 2.64. The number of amides is 1. The summed E-state index contributed by atoms with van der Waals surface area (Å²) in [4.78, 5) is 15.4. The Bertz CT molecular complexity index is 698. The number of likely N-dealkylation sites (tertiary alicyclic amines) is 1. The Kier molecular flexibility index (Phi) is 3.82. The number of rotatable bonds is 4. The first-order valence-electron chi connectivity index (χ1n) is 10.3. The Morgan fingerprint density at radius 1 is 1.15 bits per heavy atom. The molecular formula is C22H29NO3. The van der Waals surface area contributed by atoms with Gasteiger partial charge in [0.05, 0.1) is 13.2 Å². The van der Waals surface area contributed by atoms with E-state index < -0.39 is 0 Å². The van der Waals surface area contributed by atoms with Gasteiger partial charge < -0.3 is 14.4 Å². The molecule has 1 unspecified atom stereocenters. The van der Waals surface area contributed by atoms with E-state index in [1.165, 1.54) is 31.2 Å². The highest BCUT2D eigenvalue weighted by Gasteiger charge is 2.76. The molecule has 2 aliphatic carbocycles. The van der Waals surface area contributed by atoms with Crippen LogP contribution in [0.25, 0.3) is 0 Å². The lowest BCUT2D eigenvalue weighted by atomic mass is 9.69. The molecule has 0 spiro atoms. The first-order valence-corrected chi connectivity index (χ1v) is 10.3. The smallest absolute Gasteiger partial charge is 0.226 e. The van der Waals surface area contributed by atoms with E-state index in [-0.39, 0.29) is 23.2 Å². The Hall–Kier alpha value is -1.55. The summed E-state index contributed by atoms with van der Waals surface area (Å²) in [5.74, 6) is 1.53. The Balaban J connectivity index is 1.44. The van der Waals surface area contributed by atoms with Crippen LogP contribution in [0.2, 0.25) is 0 Å². The Morgan fingerprint density at radius 3 is 2.62 bits per heavy atom. The molecule has 0 aromatic heterocycles. The number of hydrogen-bond acceptors (Lipinski definition) is 3. The van der Waals surface area contributed by atoms with Crippen molar-refractivity contribution < 1.29 is 14.3 Å². The summed E-state index contributed by atoms with van der Waals surface area (Å²) in [6, 6.07) is 8.52. The number of carbonyl (C=O) groups is 1. The predicted octanol–water partition coefficient (Wildman–Crippen LogP) is 3.72. The van der Waals surface area contributed by atoms with Crippen LogP contribution >= 0.6 is 0 Å². The number of ether oxygens (including phenoxy) is 2. The number of epoxide rings is 1. The molecule has 2 aliphatic heterocycles. The minimum absolute atomic E-state index is 0.0682. The first-order chi connectivity index (χ1) is 12.7. The zero-order valence-electron chi connectivity index (χ0n) is 15.7. The summed E-state index contributed by atoms with van der Waals surface area (Å²) < 4.78 is 11.8. The number of piperidine rings is 1. The van der Waals surface area contributed by atoms with Gasteiger partial charge in [0.15, 0.2) is 0 Å². The van der Waals surface area contributed by atoms with Crippen LogP contribution < -0.4 is 4.74 Å². The second kappa shape index (κ2) is 5.98. The van der Waals surface area contributed by atoms with E-state index in [0.717, 1.165) is 44.4 Å². The van der Waals surface area contributed by atoms with Gasteiger partial charge in [-0.1, -0.05) is 31.4 Å². The largest absolute Gasteiger partial charge is 0.497 e. The van der Waals surface area contributed by atoms with Crippen LogP contribution in [0.3, 0.4) is 0 Å². The van der Waals surface area contributed by atoms with Crippen LogP contribution in [0.1, 0.15) is 56.9 Å². The molecular weight excluding hydrogens is 326 g/mol. The van der Waals surface area contributed by atoms with Crippen molar-refractivity contribution >= 4 is 5.91 Å². The minimum atomic E-state index is -0.0805. The van der Waals surface area contributed by atoms with E-state index in [1.807, 2.05) is 12.1 Å². The monoisotopic (exact) mass is 355 g/mol. The summed E-state index contributed by atoms with van der Waals surface area (Å²) in [7, 11) is 1.70. The molecule has 1 amide bonds. The molecule has 5 rings (SSSR count). The first kappa shape index (κ1) is 16.6.